The molecule has 146 valence electrons. The number of rotatable bonds is 9. The van der Waals surface area contributed by atoms with Gasteiger partial charge in [-0.15, -0.1) is 0 Å². The zero-order chi connectivity index (χ0) is 19.8. The van der Waals surface area contributed by atoms with Crippen LogP contribution in [0, 0.1) is 5.82 Å². The Morgan fingerprint density at radius 1 is 1.00 bits per heavy atom. The van der Waals surface area contributed by atoms with Gasteiger partial charge < -0.3 is 10.1 Å². The van der Waals surface area contributed by atoms with Gasteiger partial charge in [0, 0.05) is 18.8 Å². The molecule has 28 heavy (non-hydrogen) atoms. The van der Waals surface area contributed by atoms with Crippen molar-refractivity contribution < 1.29 is 17.5 Å². The maximum absolute atomic E-state index is 12.9. The summed E-state index contributed by atoms with van der Waals surface area (Å²) in [6.45, 7) is 0.411. The van der Waals surface area contributed by atoms with Crippen LogP contribution in [0.25, 0.3) is 0 Å². The Labute approximate surface area is 163 Å². The standard InChI is InChI=1S/C20H20FN3O3S/c21-17-7-9-18(10-8-17)27-19-11-13-23-20(24-19)22-12-4-14-28(25,26)15-16-5-2-1-3-6-16/h1-3,5-11,13H,4,12,14-15H2,(H,22,23,24). The predicted molar refractivity (Wildman–Crippen MR) is 106 cm³/mol. The van der Waals surface area contributed by atoms with E-state index >= 15 is 0 Å². The van der Waals surface area contributed by atoms with Crippen LogP contribution in [0.5, 0.6) is 11.6 Å². The molecule has 0 atom stereocenters. The summed E-state index contributed by atoms with van der Waals surface area (Å²) in [7, 11) is -3.18. The molecule has 6 nitrogen and oxygen atoms in total. The van der Waals surface area contributed by atoms with Crippen molar-refractivity contribution >= 4 is 15.8 Å². The Morgan fingerprint density at radius 2 is 1.75 bits per heavy atom. The van der Waals surface area contributed by atoms with Crippen LogP contribution in [0.1, 0.15) is 12.0 Å². The summed E-state index contributed by atoms with van der Waals surface area (Å²) in [5.74, 6) is 0.852. The molecular weight excluding hydrogens is 381 g/mol. The maximum Gasteiger partial charge on any atom is 0.225 e. The minimum atomic E-state index is -3.18. The van der Waals surface area contributed by atoms with Crippen molar-refractivity contribution in [1.82, 2.24) is 9.97 Å². The molecule has 2 aromatic carbocycles. The second-order valence-corrected chi connectivity index (χ2v) is 8.32. The molecule has 0 saturated heterocycles. The largest absolute Gasteiger partial charge is 0.439 e. The highest BCUT2D eigenvalue weighted by atomic mass is 32.2. The molecule has 0 bridgehead atoms. The lowest BCUT2D eigenvalue weighted by atomic mass is 10.2. The number of nitrogens with zero attached hydrogens (tertiary/aromatic N) is 2. The van der Waals surface area contributed by atoms with Crippen molar-refractivity contribution in [2.24, 2.45) is 0 Å². The number of anilines is 1. The Bertz CT molecular complexity index is 997. The third-order valence-corrected chi connectivity index (χ3v) is 5.49. The highest BCUT2D eigenvalue weighted by Crippen LogP contribution is 2.20. The van der Waals surface area contributed by atoms with E-state index in [0.29, 0.717) is 30.5 Å². The average Bonchev–Trinajstić information content (AvgIpc) is 2.68. The van der Waals surface area contributed by atoms with E-state index in [0.717, 1.165) is 5.56 Å². The summed E-state index contributed by atoms with van der Waals surface area (Å²) in [4.78, 5) is 8.29. The van der Waals surface area contributed by atoms with Crippen molar-refractivity contribution in [2.45, 2.75) is 12.2 Å². The van der Waals surface area contributed by atoms with E-state index in [2.05, 4.69) is 15.3 Å². The van der Waals surface area contributed by atoms with Crippen LogP contribution in [0.4, 0.5) is 10.3 Å². The molecule has 8 heteroatoms. The number of ether oxygens (including phenoxy) is 1. The van der Waals surface area contributed by atoms with Gasteiger partial charge in [0.05, 0.1) is 11.5 Å². The maximum atomic E-state index is 12.9. The van der Waals surface area contributed by atoms with Gasteiger partial charge >= 0.3 is 0 Å². The average molecular weight is 401 g/mol. The molecule has 0 spiro atoms. The zero-order valence-corrected chi connectivity index (χ0v) is 15.9. The van der Waals surface area contributed by atoms with E-state index in [-0.39, 0.29) is 17.3 Å². The number of nitrogens with one attached hydrogen (secondary N) is 1. The third kappa shape index (κ3) is 6.31. The molecule has 0 aliphatic heterocycles. The Hall–Kier alpha value is -3.00. The van der Waals surface area contributed by atoms with E-state index in [4.69, 9.17) is 4.74 Å². The van der Waals surface area contributed by atoms with Crippen LogP contribution >= 0.6 is 0 Å². The van der Waals surface area contributed by atoms with Gasteiger partial charge in [0.2, 0.25) is 11.8 Å². The van der Waals surface area contributed by atoms with E-state index in [1.54, 1.807) is 18.2 Å². The summed E-state index contributed by atoms with van der Waals surface area (Å²) in [5, 5.41) is 2.99. The fourth-order valence-electron chi connectivity index (χ4n) is 2.50. The number of hydrogen-bond donors (Lipinski definition) is 1. The summed E-state index contributed by atoms with van der Waals surface area (Å²) < 4.78 is 42.9. The minimum absolute atomic E-state index is 0.0331. The van der Waals surface area contributed by atoms with Gasteiger partial charge in [-0.1, -0.05) is 30.3 Å². The lowest BCUT2D eigenvalue weighted by Crippen LogP contribution is -2.14. The Morgan fingerprint density at radius 3 is 2.50 bits per heavy atom. The summed E-state index contributed by atoms with van der Waals surface area (Å²) in [6, 6.07) is 16.3. The number of sulfone groups is 1. The minimum Gasteiger partial charge on any atom is -0.439 e. The van der Waals surface area contributed by atoms with Gasteiger partial charge in [0.1, 0.15) is 11.6 Å². The number of halogens is 1. The highest BCUT2D eigenvalue weighted by Gasteiger charge is 2.11. The van der Waals surface area contributed by atoms with Crippen molar-refractivity contribution in [2.75, 3.05) is 17.6 Å². The van der Waals surface area contributed by atoms with Crippen LogP contribution in [0.15, 0.2) is 66.9 Å². The molecule has 0 aliphatic carbocycles. The lowest BCUT2D eigenvalue weighted by Gasteiger charge is -2.08. The van der Waals surface area contributed by atoms with E-state index < -0.39 is 9.84 Å². The van der Waals surface area contributed by atoms with E-state index in [1.165, 1.54) is 30.5 Å². The quantitative estimate of drug-likeness (QED) is 0.549. The van der Waals surface area contributed by atoms with Crippen molar-refractivity contribution in [3.63, 3.8) is 0 Å². The highest BCUT2D eigenvalue weighted by molar-refractivity contribution is 7.90. The number of hydrogen-bond acceptors (Lipinski definition) is 6. The normalized spacial score (nSPS) is 11.2. The second-order valence-electron chi connectivity index (χ2n) is 6.13. The molecule has 0 aliphatic rings. The number of benzene rings is 2. The third-order valence-electron chi connectivity index (χ3n) is 3.81. The molecular formula is C20H20FN3O3S. The Balaban J connectivity index is 1.47. The predicted octanol–water partition coefficient (Wildman–Crippen LogP) is 3.83. The molecule has 0 saturated carbocycles. The molecule has 1 heterocycles. The first-order chi connectivity index (χ1) is 13.5. The zero-order valence-electron chi connectivity index (χ0n) is 15.1. The molecule has 1 aromatic heterocycles. The molecule has 3 aromatic rings. The van der Waals surface area contributed by atoms with Crippen LogP contribution in [-0.4, -0.2) is 30.7 Å². The molecule has 3 rings (SSSR count). The van der Waals surface area contributed by atoms with Gasteiger partial charge in [-0.05, 0) is 36.2 Å². The summed E-state index contributed by atoms with van der Waals surface area (Å²) in [6.07, 6.45) is 1.96. The second kappa shape index (κ2) is 9.27. The van der Waals surface area contributed by atoms with Gasteiger partial charge in [0.25, 0.3) is 0 Å². The van der Waals surface area contributed by atoms with Crippen LogP contribution < -0.4 is 10.1 Å². The van der Waals surface area contributed by atoms with Gasteiger partial charge in [-0.25, -0.2) is 17.8 Å². The first kappa shape index (κ1) is 19.8. The van der Waals surface area contributed by atoms with Crippen molar-refractivity contribution in [1.29, 1.82) is 0 Å². The lowest BCUT2D eigenvalue weighted by molar-refractivity contribution is 0.460. The summed E-state index contributed by atoms with van der Waals surface area (Å²) >= 11 is 0. The monoisotopic (exact) mass is 401 g/mol. The summed E-state index contributed by atoms with van der Waals surface area (Å²) in [5.41, 5.74) is 0.782. The molecule has 1 N–H and O–H groups in total. The van der Waals surface area contributed by atoms with E-state index in [1.807, 2.05) is 18.2 Å². The molecule has 0 unspecified atom stereocenters. The fourth-order valence-corrected chi connectivity index (χ4v) is 3.93. The topological polar surface area (TPSA) is 81.2 Å². The van der Waals surface area contributed by atoms with Gasteiger partial charge in [0.15, 0.2) is 9.84 Å². The fraction of sp³-hybridized carbons (Fsp3) is 0.200. The first-order valence-corrected chi connectivity index (χ1v) is 10.6. The smallest absolute Gasteiger partial charge is 0.225 e. The van der Waals surface area contributed by atoms with Gasteiger partial charge in [-0.3, -0.25) is 0 Å². The molecule has 0 radical (unpaired) electrons. The van der Waals surface area contributed by atoms with Crippen molar-refractivity contribution in [3.8, 4) is 11.6 Å². The first-order valence-electron chi connectivity index (χ1n) is 8.75. The van der Waals surface area contributed by atoms with Gasteiger partial charge in [-0.2, -0.15) is 4.98 Å². The van der Waals surface area contributed by atoms with E-state index in [9.17, 15) is 12.8 Å². The van der Waals surface area contributed by atoms with Crippen LogP contribution in [0.2, 0.25) is 0 Å². The molecule has 0 amide bonds. The van der Waals surface area contributed by atoms with Crippen LogP contribution in [-0.2, 0) is 15.6 Å². The Kier molecular flexibility index (Phi) is 6.54. The van der Waals surface area contributed by atoms with Crippen LogP contribution in [0.3, 0.4) is 0 Å². The SMILES string of the molecule is O=S(=O)(CCCNc1nccc(Oc2ccc(F)cc2)n1)Cc1ccccc1. The molecule has 0 fully saturated rings. The van der Waals surface area contributed by atoms with Crippen molar-refractivity contribution in [3.05, 3.63) is 78.2 Å². The number of aromatic nitrogens is 2.